The summed E-state index contributed by atoms with van der Waals surface area (Å²) in [7, 11) is 0. The molecule has 0 aliphatic heterocycles. The van der Waals surface area contributed by atoms with Crippen LogP contribution in [-0.4, -0.2) is 16.3 Å². The fourth-order valence-electron chi connectivity index (χ4n) is 1.15. The average molecular weight is 225 g/mol. The molecule has 82 valence electrons. The molecular formula is C12H7N3O2. The van der Waals surface area contributed by atoms with Gasteiger partial charge in [0.2, 0.25) is 5.88 Å². The molecule has 0 fully saturated rings. The summed E-state index contributed by atoms with van der Waals surface area (Å²) in [6, 6.07) is 8.33. The third-order valence-corrected chi connectivity index (χ3v) is 1.97. The van der Waals surface area contributed by atoms with Crippen LogP contribution in [0, 0.1) is 11.3 Å². The first-order valence-electron chi connectivity index (χ1n) is 4.77. The Morgan fingerprint density at radius 1 is 1.18 bits per heavy atom. The van der Waals surface area contributed by atoms with Gasteiger partial charge in [-0.25, -0.2) is 9.97 Å². The van der Waals surface area contributed by atoms with Crippen LogP contribution in [0.15, 0.2) is 36.7 Å². The van der Waals surface area contributed by atoms with Gasteiger partial charge in [0.05, 0.1) is 11.8 Å². The van der Waals surface area contributed by atoms with Crippen molar-refractivity contribution in [3.05, 3.63) is 47.9 Å². The molecular weight excluding hydrogens is 218 g/mol. The van der Waals surface area contributed by atoms with Crippen molar-refractivity contribution in [1.82, 2.24) is 9.97 Å². The lowest BCUT2D eigenvalue weighted by Gasteiger charge is -2.03. The van der Waals surface area contributed by atoms with Gasteiger partial charge in [-0.1, -0.05) is 0 Å². The van der Waals surface area contributed by atoms with E-state index >= 15 is 0 Å². The second-order valence-corrected chi connectivity index (χ2v) is 3.14. The lowest BCUT2D eigenvalue weighted by atomic mass is 10.3. The summed E-state index contributed by atoms with van der Waals surface area (Å²) in [6.45, 7) is 0. The molecule has 2 heterocycles. The van der Waals surface area contributed by atoms with Crippen molar-refractivity contribution in [3.63, 3.8) is 0 Å². The third-order valence-electron chi connectivity index (χ3n) is 1.97. The van der Waals surface area contributed by atoms with E-state index in [0.29, 0.717) is 29.2 Å². The Bertz CT molecular complexity index is 556. The van der Waals surface area contributed by atoms with Crippen LogP contribution >= 0.6 is 0 Å². The van der Waals surface area contributed by atoms with Gasteiger partial charge in [0.15, 0.2) is 6.29 Å². The number of pyridine rings is 2. The van der Waals surface area contributed by atoms with Crippen LogP contribution < -0.4 is 4.74 Å². The van der Waals surface area contributed by atoms with E-state index in [-0.39, 0.29) is 0 Å². The molecule has 0 N–H and O–H groups in total. The maximum absolute atomic E-state index is 10.4. The second kappa shape index (κ2) is 4.86. The van der Waals surface area contributed by atoms with Gasteiger partial charge >= 0.3 is 0 Å². The van der Waals surface area contributed by atoms with Gasteiger partial charge in [-0.3, -0.25) is 4.79 Å². The van der Waals surface area contributed by atoms with Gasteiger partial charge in [-0.15, -0.1) is 0 Å². The summed E-state index contributed by atoms with van der Waals surface area (Å²) in [4.78, 5) is 18.2. The molecule has 2 aromatic heterocycles. The van der Waals surface area contributed by atoms with Gasteiger partial charge in [0, 0.05) is 12.3 Å². The smallest absolute Gasteiger partial charge is 0.219 e. The molecule has 0 bridgehead atoms. The number of rotatable bonds is 3. The number of hydrogen-bond donors (Lipinski definition) is 0. The summed E-state index contributed by atoms with van der Waals surface area (Å²) < 4.78 is 5.38. The van der Waals surface area contributed by atoms with Crippen molar-refractivity contribution in [2.24, 2.45) is 0 Å². The van der Waals surface area contributed by atoms with Crippen LogP contribution in [0.1, 0.15) is 16.1 Å². The lowest BCUT2D eigenvalue weighted by molar-refractivity contribution is 0.111. The predicted molar refractivity (Wildman–Crippen MR) is 58.7 cm³/mol. The molecule has 0 unspecified atom stereocenters. The van der Waals surface area contributed by atoms with Crippen LogP contribution in [0.5, 0.6) is 11.6 Å². The van der Waals surface area contributed by atoms with E-state index in [2.05, 4.69) is 9.97 Å². The Morgan fingerprint density at radius 2 is 2.06 bits per heavy atom. The number of aldehydes is 1. The fourth-order valence-corrected chi connectivity index (χ4v) is 1.15. The number of aromatic nitrogens is 2. The molecule has 0 saturated heterocycles. The first kappa shape index (κ1) is 10.8. The van der Waals surface area contributed by atoms with Gasteiger partial charge in [-0.05, 0) is 18.2 Å². The van der Waals surface area contributed by atoms with Gasteiger partial charge in [0.1, 0.15) is 17.5 Å². The standard InChI is InChI=1S/C12H7N3O2/c13-5-9-1-4-12(15-6-9)17-11-3-2-10(8-16)14-7-11/h1-4,6-8H. The molecule has 0 amide bonds. The number of carbonyl (C=O) groups excluding carboxylic acids is 1. The van der Waals surface area contributed by atoms with Crippen LogP contribution in [0.2, 0.25) is 0 Å². The minimum Gasteiger partial charge on any atom is -0.437 e. The summed E-state index contributed by atoms with van der Waals surface area (Å²) in [6.07, 6.45) is 3.51. The first-order valence-corrected chi connectivity index (χ1v) is 4.77. The maximum atomic E-state index is 10.4. The fraction of sp³-hybridized carbons (Fsp3) is 0. The van der Waals surface area contributed by atoms with E-state index in [1.54, 1.807) is 24.3 Å². The van der Waals surface area contributed by atoms with E-state index < -0.39 is 0 Å². The Balaban J connectivity index is 2.14. The van der Waals surface area contributed by atoms with Gasteiger partial charge in [-0.2, -0.15) is 5.26 Å². The summed E-state index contributed by atoms with van der Waals surface area (Å²) in [5, 5.41) is 8.60. The minimum atomic E-state index is 0.338. The van der Waals surface area contributed by atoms with Crippen LogP contribution in [0.25, 0.3) is 0 Å². The van der Waals surface area contributed by atoms with Gasteiger partial charge in [0.25, 0.3) is 0 Å². The van der Waals surface area contributed by atoms with Crippen LogP contribution in [0.3, 0.4) is 0 Å². The molecule has 0 aliphatic carbocycles. The van der Waals surface area contributed by atoms with E-state index in [1.807, 2.05) is 6.07 Å². The van der Waals surface area contributed by atoms with Gasteiger partial charge < -0.3 is 4.74 Å². The molecule has 0 atom stereocenters. The molecule has 0 radical (unpaired) electrons. The molecule has 5 heteroatoms. The Kier molecular flexibility index (Phi) is 3.08. The number of nitriles is 1. The zero-order valence-electron chi connectivity index (χ0n) is 8.70. The monoisotopic (exact) mass is 225 g/mol. The Labute approximate surface area is 97.3 Å². The third kappa shape index (κ3) is 2.63. The molecule has 0 saturated carbocycles. The van der Waals surface area contributed by atoms with Crippen molar-refractivity contribution >= 4 is 6.29 Å². The number of nitrogens with zero attached hydrogens (tertiary/aromatic N) is 3. The normalized spacial score (nSPS) is 9.35. The predicted octanol–water partition coefficient (Wildman–Crippen LogP) is 1.95. The molecule has 0 aromatic carbocycles. The second-order valence-electron chi connectivity index (χ2n) is 3.14. The van der Waals surface area contributed by atoms with E-state index in [9.17, 15) is 4.79 Å². The summed E-state index contributed by atoms with van der Waals surface area (Å²) in [5.74, 6) is 0.845. The highest BCUT2D eigenvalue weighted by Gasteiger charge is 2.00. The Morgan fingerprint density at radius 3 is 2.59 bits per heavy atom. The first-order chi connectivity index (χ1) is 8.31. The van der Waals surface area contributed by atoms with Crippen molar-refractivity contribution in [2.75, 3.05) is 0 Å². The molecule has 2 rings (SSSR count). The zero-order chi connectivity index (χ0) is 12.1. The highest BCUT2D eigenvalue weighted by Crippen LogP contribution is 2.17. The van der Waals surface area contributed by atoms with Crippen molar-refractivity contribution in [3.8, 4) is 17.7 Å². The number of hydrogen-bond acceptors (Lipinski definition) is 5. The zero-order valence-corrected chi connectivity index (χ0v) is 8.70. The van der Waals surface area contributed by atoms with E-state index in [1.165, 1.54) is 12.4 Å². The Hall–Kier alpha value is -2.74. The molecule has 0 spiro atoms. The average Bonchev–Trinajstić information content (AvgIpc) is 2.40. The van der Waals surface area contributed by atoms with E-state index in [0.717, 1.165) is 0 Å². The van der Waals surface area contributed by atoms with Crippen molar-refractivity contribution in [2.45, 2.75) is 0 Å². The molecule has 5 nitrogen and oxygen atoms in total. The molecule has 2 aromatic rings. The van der Waals surface area contributed by atoms with Crippen LogP contribution in [0.4, 0.5) is 0 Å². The maximum Gasteiger partial charge on any atom is 0.219 e. The quantitative estimate of drug-likeness (QED) is 0.746. The highest BCUT2D eigenvalue weighted by molar-refractivity contribution is 5.71. The number of ether oxygens (including phenoxy) is 1. The van der Waals surface area contributed by atoms with Crippen molar-refractivity contribution in [1.29, 1.82) is 5.26 Å². The van der Waals surface area contributed by atoms with E-state index in [4.69, 9.17) is 10.00 Å². The van der Waals surface area contributed by atoms with Crippen LogP contribution in [-0.2, 0) is 0 Å². The van der Waals surface area contributed by atoms with Crippen molar-refractivity contribution < 1.29 is 9.53 Å². The molecule has 0 aliphatic rings. The minimum absolute atomic E-state index is 0.338. The lowest BCUT2D eigenvalue weighted by Crippen LogP contribution is -1.91. The largest absolute Gasteiger partial charge is 0.437 e. The summed E-state index contributed by atoms with van der Waals surface area (Å²) in [5.41, 5.74) is 0.803. The number of carbonyl (C=O) groups is 1. The topological polar surface area (TPSA) is 75.9 Å². The highest BCUT2D eigenvalue weighted by atomic mass is 16.5. The summed E-state index contributed by atoms with van der Waals surface area (Å²) >= 11 is 0. The molecule has 17 heavy (non-hydrogen) atoms. The SMILES string of the molecule is N#Cc1ccc(Oc2ccc(C=O)nc2)nc1.